The molecule has 4 rings (SSSR count). The molecule has 5 atom stereocenters. The minimum atomic E-state index is -0.853. The molecule has 0 radical (unpaired) electrons. The van der Waals surface area contributed by atoms with E-state index in [1.807, 2.05) is 30.3 Å². The molecule has 3 fully saturated rings. The van der Waals surface area contributed by atoms with Gasteiger partial charge >= 0.3 is 0 Å². The van der Waals surface area contributed by atoms with Crippen LogP contribution in [0.4, 0.5) is 0 Å². The minimum Gasteiger partial charge on any atom is -0.465 e. The van der Waals surface area contributed by atoms with Crippen LogP contribution >= 0.6 is 12.2 Å². The van der Waals surface area contributed by atoms with Crippen LogP contribution in [-0.4, -0.2) is 32.7 Å². The third-order valence-corrected chi connectivity index (χ3v) is 7.37. The first kappa shape index (κ1) is 17.0. The van der Waals surface area contributed by atoms with Crippen molar-refractivity contribution in [3.05, 3.63) is 35.9 Å². The van der Waals surface area contributed by atoms with Crippen molar-refractivity contribution < 1.29 is 14.6 Å². The summed E-state index contributed by atoms with van der Waals surface area (Å²) in [7, 11) is 0. The zero-order valence-corrected chi connectivity index (χ0v) is 15.8. The van der Waals surface area contributed by atoms with Gasteiger partial charge < -0.3 is 9.84 Å². The average molecular weight is 359 g/mol. The zero-order valence-electron chi connectivity index (χ0n) is 14.9. The van der Waals surface area contributed by atoms with Crippen LogP contribution in [0.3, 0.4) is 0 Å². The zero-order chi connectivity index (χ0) is 18.0. The Bertz CT molecular complexity index is 719. The highest BCUT2D eigenvalue weighted by Gasteiger charge is 2.73. The molecule has 4 nitrogen and oxygen atoms in total. The van der Waals surface area contributed by atoms with Crippen LogP contribution < -0.4 is 0 Å². The Morgan fingerprint density at radius 1 is 1.36 bits per heavy atom. The number of amides is 1. The van der Waals surface area contributed by atoms with Gasteiger partial charge in [0.1, 0.15) is 6.10 Å². The highest BCUT2D eigenvalue weighted by atomic mass is 32.1. The van der Waals surface area contributed by atoms with E-state index in [4.69, 9.17) is 17.0 Å². The van der Waals surface area contributed by atoms with Crippen molar-refractivity contribution in [2.45, 2.75) is 57.8 Å². The lowest BCUT2D eigenvalue weighted by Gasteiger charge is -2.43. The van der Waals surface area contributed by atoms with Crippen molar-refractivity contribution in [2.24, 2.45) is 17.3 Å². The Morgan fingerprint density at radius 2 is 2.04 bits per heavy atom. The summed E-state index contributed by atoms with van der Waals surface area (Å²) >= 11 is 5.45. The monoisotopic (exact) mass is 359 g/mol. The lowest BCUT2D eigenvalue weighted by atomic mass is 9.74. The molecule has 1 aromatic rings. The first-order valence-electron chi connectivity index (χ1n) is 9.08. The van der Waals surface area contributed by atoms with Crippen LogP contribution in [0, 0.1) is 17.3 Å². The average Bonchev–Trinajstić information content (AvgIpc) is 3.12. The van der Waals surface area contributed by atoms with E-state index in [-0.39, 0.29) is 28.1 Å². The molecule has 1 spiro atoms. The fourth-order valence-corrected chi connectivity index (χ4v) is 5.83. The lowest BCUT2D eigenvalue weighted by Crippen LogP contribution is -2.58. The molecule has 0 aromatic heterocycles. The van der Waals surface area contributed by atoms with Crippen molar-refractivity contribution >= 4 is 23.3 Å². The molecule has 0 unspecified atom stereocenters. The number of rotatable bonds is 3. The maximum absolute atomic E-state index is 13.4. The van der Waals surface area contributed by atoms with Gasteiger partial charge in [-0.3, -0.25) is 9.69 Å². The number of ether oxygens (including phenoxy) is 1. The fraction of sp³-hybridized carbons (Fsp3) is 0.600. The molecule has 1 aliphatic heterocycles. The van der Waals surface area contributed by atoms with E-state index in [1.165, 1.54) is 0 Å². The number of hydrogen-bond acceptors (Lipinski definition) is 4. The molecule has 1 heterocycles. The van der Waals surface area contributed by atoms with Gasteiger partial charge in [0, 0.05) is 0 Å². The Morgan fingerprint density at radius 3 is 2.68 bits per heavy atom. The summed E-state index contributed by atoms with van der Waals surface area (Å²) in [6.07, 6.45) is 2.14. The van der Waals surface area contributed by atoms with E-state index >= 15 is 0 Å². The summed E-state index contributed by atoms with van der Waals surface area (Å²) < 4.78 is 5.97. The number of thiocarbonyl (C=S) groups is 1. The van der Waals surface area contributed by atoms with Gasteiger partial charge in [-0.25, -0.2) is 0 Å². The van der Waals surface area contributed by atoms with Gasteiger partial charge in [0.05, 0.1) is 17.6 Å². The smallest absolute Gasteiger partial charge is 0.267 e. The third kappa shape index (κ3) is 2.08. The number of carbonyl (C=O) groups is 1. The first-order chi connectivity index (χ1) is 11.8. The summed E-state index contributed by atoms with van der Waals surface area (Å²) in [4.78, 5) is 15.1. The van der Waals surface area contributed by atoms with E-state index in [2.05, 4.69) is 13.8 Å². The molecule has 25 heavy (non-hydrogen) atoms. The predicted octanol–water partition coefficient (Wildman–Crippen LogP) is 3.45. The van der Waals surface area contributed by atoms with Crippen LogP contribution in [0.2, 0.25) is 0 Å². The highest BCUT2D eigenvalue weighted by molar-refractivity contribution is 7.80. The second kappa shape index (κ2) is 5.52. The quantitative estimate of drug-likeness (QED) is 0.840. The Labute approximate surface area is 154 Å². The predicted molar refractivity (Wildman–Crippen MR) is 98.7 cm³/mol. The summed E-state index contributed by atoms with van der Waals surface area (Å²) in [5, 5.41) is 11.0. The van der Waals surface area contributed by atoms with E-state index in [0.29, 0.717) is 5.92 Å². The normalized spacial score (nSPS) is 34.6. The molecule has 1 N–H and O–H groups in total. The van der Waals surface area contributed by atoms with Crippen LogP contribution in [0.5, 0.6) is 0 Å². The summed E-state index contributed by atoms with van der Waals surface area (Å²) in [5.41, 5.74) is 0.375. The molecular formula is C20H25NO3S. The van der Waals surface area contributed by atoms with Gasteiger partial charge in [-0.1, -0.05) is 51.1 Å². The standard InChI is InChI=1S/C20H25NO3S/c1-12(16(22)13-7-5-4-6-8-13)17(23)21-18(25)24-15-11-14-9-10-20(15,21)19(14,2)3/h4-8,12,14-16,22H,9-11H2,1-3H3/t12-,14+,15+,16-,20+/m0/s1. The molecule has 2 bridgehead atoms. The number of fused-ring (bicyclic) bond motifs is 1. The van der Waals surface area contributed by atoms with Crippen molar-refractivity contribution in [3.8, 4) is 0 Å². The SMILES string of the molecule is C[C@H](C(=O)N1C(=S)O[C@@H]2C[C@H]3CC[C@]21C3(C)C)[C@H](O)c1ccccc1. The maximum Gasteiger partial charge on any atom is 0.267 e. The molecule has 134 valence electrons. The van der Waals surface area contributed by atoms with Crippen LogP contribution in [0.25, 0.3) is 0 Å². The highest BCUT2D eigenvalue weighted by Crippen LogP contribution is 2.66. The van der Waals surface area contributed by atoms with Crippen LogP contribution in [0.15, 0.2) is 30.3 Å². The molecule has 2 saturated carbocycles. The second-order valence-electron chi connectivity index (χ2n) is 8.31. The minimum absolute atomic E-state index is 0.00114. The van der Waals surface area contributed by atoms with E-state index in [0.717, 1.165) is 24.8 Å². The van der Waals surface area contributed by atoms with E-state index < -0.39 is 12.0 Å². The van der Waals surface area contributed by atoms with Gasteiger partial charge in [0.15, 0.2) is 0 Å². The number of aliphatic hydroxyl groups excluding tert-OH is 1. The van der Waals surface area contributed by atoms with Crippen molar-refractivity contribution in [3.63, 3.8) is 0 Å². The topological polar surface area (TPSA) is 49.8 Å². The van der Waals surface area contributed by atoms with Crippen molar-refractivity contribution in [1.82, 2.24) is 4.90 Å². The van der Waals surface area contributed by atoms with Gasteiger partial charge in [-0.2, -0.15) is 0 Å². The number of hydrogen-bond donors (Lipinski definition) is 1. The summed E-state index contributed by atoms with van der Waals surface area (Å²) in [6.45, 7) is 6.25. The summed E-state index contributed by atoms with van der Waals surface area (Å²) in [5.74, 6) is -0.141. The molecule has 1 aromatic carbocycles. The number of aliphatic hydroxyl groups is 1. The summed E-state index contributed by atoms with van der Waals surface area (Å²) in [6, 6.07) is 9.33. The molecule has 2 aliphatic carbocycles. The Hall–Kier alpha value is -1.46. The Kier molecular flexibility index (Phi) is 3.75. The van der Waals surface area contributed by atoms with Crippen molar-refractivity contribution in [2.75, 3.05) is 0 Å². The fourth-order valence-electron chi connectivity index (χ4n) is 5.46. The largest absolute Gasteiger partial charge is 0.465 e. The maximum atomic E-state index is 13.4. The van der Waals surface area contributed by atoms with Gasteiger partial charge in [0.2, 0.25) is 5.91 Å². The molecule has 3 aliphatic rings. The number of carbonyl (C=O) groups excluding carboxylic acids is 1. The third-order valence-electron chi connectivity index (χ3n) is 7.09. The molecular weight excluding hydrogens is 334 g/mol. The molecule has 1 amide bonds. The van der Waals surface area contributed by atoms with Gasteiger partial charge in [0.25, 0.3) is 5.17 Å². The van der Waals surface area contributed by atoms with Crippen molar-refractivity contribution in [1.29, 1.82) is 0 Å². The van der Waals surface area contributed by atoms with Crippen LogP contribution in [0.1, 0.15) is 51.7 Å². The number of nitrogens with zero attached hydrogens (tertiary/aromatic N) is 1. The Balaban J connectivity index is 1.66. The molecule has 5 heteroatoms. The van der Waals surface area contributed by atoms with Crippen LogP contribution in [-0.2, 0) is 9.53 Å². The van der Waals surface area contributed by atoms with E-state index in [9.17, 15) is 9.90 Å². The second-order valence-corrected chi connectivity index (χ2v) is 8.66. The number of benzene rings is 1. The lowest BCUT2D eigenvalue weighted by molar-refractivity contribution is -0.141. The first-order valence-corrected chi connectivity index (χ1v) is 9.49. The van der Waals surface area contributed by atoms with Gasteiger partial charge in [-0.05, 0) is 48.4 Å². The van der Waals surface area contributed by atoms with Gasteiger partial charge in [-0.15, -0.1) is 0 Å². The van der Waals surface area contributed by atoms with E-state index in [1.54, 1.807) is 11.8 Å². The molecule has 1 saturated heterocycles.